The van der Waals surface area contributed by atoms with Crippen LogP contribution in [-0.2, 0) is 0 Å². The van der Waals surface area contributed by atoms with Crippen molar-refractivity contribution < 1.29 is 0 Å². The summed E-state index contributed by atoms with van der Waals surface area (Å²) in [6, 6.07) is 41.8. The second kappa shape index (κ2) is 10.7. The Morgan fingerprint density at radius 2 is 0.946 bits per heavy atom. The first-order chi connectivity index (χ1) is 18.2. The molecule has 6 aromatic rings. The minimum atomic E-state index is 1.03. The molecule has 0 nitrogen and oxygen atoms in total. The highest BCUT2D eigenvalue weighted by atomic mass is 14.1. The smallest absolute Gasteiger partial charge is 0.00928 e. The Balaban J connectivity index is 0.00000137. The molecule has 0 heteroatoms. The number of hydrogen-bond acceptors (Lipinski definition) is 0. The summed E-state index contributed by atoms with van der Waals surface area (Å²) < 4.78 is 0. The molecule has 0 bridgehead atoms. The molecule has 0 amide bonds. The van der Waals surface area contributed by atoms with E-state index in [1.54, 1.807) is 0 Å². The van der Waals surface area contributed by atoms with Crippen LogP contribution < -0.4 is 0 Å². The summed E-state index contributed by atoms with van der Waals surface area (Å²) in [6.45, 7) is 10.2. The molecule has 0 heterocycles. The molecule has 0 N–H and O–H groups in total. The van der Waals surface area contributed by atoms with Gasteiger partial charge in [0.1, 0.15) is 0 Å². The molecule has 0 saturated carbocycles. The van der Waals surface area contributed by atoms with Crippen LogP contribution in [0.4, 0.5) is 0 Å². The van der Waals surface area contributed by atoms with Gasteiger partial charge in [0.25, 0.3) is 0 Å². The van der Waals surface area contributed by atoms with Gasteiger partial charge in [-0.05, 0) is 90.8 Å². The highest BCUT2D eigenvalue weighted by Crippen LogP contribution is 2.37. The van der Waals surface area contributed by atoms with Crippen molar-refractivity contribution in [2.75, 3.05) is 0 Å². The molecule has 0 aliphatic rings. The Bertz CT molecular complexity index is 1730. The van der Waals surface area contributed by atoms with E-state index in [0.717, 1.165) is 11.1 Å². The van der Waals surface area contributed by atoms with Gasteiger partial charge in [-0.15, -0.1) is 0 Å². The largest absolute Gasteiger partial charge is 0.0912 e. The number of rotatable bonds is 4. The third-order valence-electron chi connectivity index (χ3n) is 6.87. The summed E-state index contributed by atoms with van der Waals surface area (Å²) in [4.78, 5) is 0. The summed E-state index contributed by atoms with van der Waals surface area (Å²) in [5, 5.41) is 7.82. The number of allylic oxidation sites excluding steroid dienone is 3. The fourth-order valence-corrected chi connectivity index (χ4v) is 5.16. The average Bonchev–Trinajstić information content (AvgIpc) is 2.98. The van der Waals surface area contributed by atoms with Crippen molar-refractivity contribution in [1.82, 2.24) is 0 Å². The van der Waals surface area contributed by atoms with Crippen LogP contribution >= 0.6 is 0 Å². The van der Waals surface area contributed by atoms with Crippen LogP contribution in [-0.4, -0.2) is 0 Å². The first kappa shape index (κ1) is 24.3. The zero-order valence-corrected chi connectivity index (χ0v) is 21.8. The van der Waals surface area contributed by atoms with Crippen LogP contribution in [0.25, 0.3) is 60.1 Å². The molecule has 0 aliphatic carbocycles. The maximum Gasteiger partial charge on any atom is -0.00928 e. The summed E-state index contributed by atoms with van der Waals surface area (Å²) >= 11 is 0. The lowest BCUT2D eigenvalue weighted by Crippen LogP contribution is -1.86. The average molecular weight is 477 g/mol. The Morgan fingerprint density at radius 3 is 1.51 bits per heavy atom. The molecule has 0 unspecified atom stereocenters. The predicted octanol–water partition coefficient (Wildman–Crippen LogP) is 11.1. The lowest BCUT2D eigenvalue weighted by molar-refractivity contribution is 1.50. The van der Waals surface area contributed by atoms with Crippen molar-refractivity contribution in [2.24, 2.45) is 0 Å². The summed E-state index contributed by atoms with van der Waals surface area (Å²) in [6.07, 6.45) is 4.08. The normalized spacial score (nSPS) is 11.1. The van der Waals surface area contributed by atoms with E-state index in [1.165, 1.54) is 54.6 Å². The monoisotopic (exact) mass is 476 g/mol. The van der Waals surface area contributed by atoms with E-state index < -0.39 is 0 Å². The van der Waals surface area contributed by atoms with Gasteiger partial charge in [-0.3, -0.25) is 0 Å². The topological polar surface area (TPSA) is 0 Å². The van der Waals surface area contributed by atoms with Gasteiger partial charge in [0.15, 0.2) is 0 Å². The van der Waals surface area contributed by atoms with E-state index in [-0.39, 0.29) is 0 Å². The molecule has 0 fully saturated rings. The SMILES string of the molecule is C=C(/C=C\C)c1cccc(-c2cccc(-c3ccc4c5ccccc5c5ccccc5c4c3)c2)c1.CC. The second-order valence-electron chi connectivity index (χ2n) is 9.04. The van der Waals surface area contributed by atoms with Crippen molar-refractivity contribution in [3.05, 3.63) is 140 Å². The quantitative estimate of drug-likeness (QED) is 0.175. The van der Waals surface area contributed by atoms with Gasteiger partial charge in [0.2, 0.25) is 0 Å². The molecular weight excluding hydrogens is 444 g/mol. The van der Waals surface area contributed by atoms with E-state index in [1.807, 2.05) is 26.8 Å². The van der Waals surface area contributed by atoms with Crippen LogP contribution in [0.2, 0.25) is 0 Å². The Hall–Kier alpha value is -4.42. The highest BCUT2D eigenvalue weighted by molar-refractivity contribution is 6.25. The maximum atomic E-state index is 4.20. The van der Waals surface area contributed by atoms with Gasteiger partial charge in [0.05, 0.1) is 0 Å². The van der Waals surface area contributed by atoms with Gasteiger partial charge in [0, 0.05) is 0 Å². The van der Waals surface area contributed by atoms with Crippen molar-refractivity contribution in [3.63, 3.8) is 0 Å². The molecule has 0 spiro atoms. The van der Waals surface area contributed by atoms with Gasteiger partial charge in [-0.2, -0.15) is 0 Å². The van der Waals surface area contributed by atoms with Gasteiger partial charge >= 0.3 is 0 Å². The first-order valence-electron chi connectivity index (χ1n) is 13.1. The molecule has 0 saturated heterocycles. The Labute approximate surface area is 220 Å². The molecule has 6 aromatic carbocycles. The van der Waals surface area contributed by atoms with E-state index in [4.69, 9.17) is 0 Å². The minimum Gasteiger partial charge on any atom is -0.0912 e. The van der Waals surface area contributed by atoms with Gasteiger partial charge < -0.3 is 0 Å². The second-order valence-corrected chi connectivity index (χ2v) is 9.04. The highest BCUT2D eigenvalue weighted by Gasteiger charge is 2.10. The minimum absolute atomic E-state index is 1.03. The van der Waals surface area contributed by atoms with Crippen LogP contribution in [0.1, 0.15) is 26.3 Å². The zero-order valence-electron chi connectivity index (χ0n) is 21.8. The number of hydrogen-bond donors (Lipinski definition) is 0. The standard InChI is InChI=1S/C35H26.C2H6/c1-3-10-24(2)25-11-8-12-26(21-25)27-13-9-14-28(22-27)29-19-20-34-32-17-5-4-15-30(32)31-16-6-7-18-33(31)35(34)23-29;1-2/h3-23H,2H2,1H3;1-2H3/b10-3-;. The summed E-state index contributed by atoms with van der Waals surface area (Å²) in [7, 11) is 0. The van der Waals surface area contributed by atoms with Crippen LogP contribution in [0.5, 0.6) is 0 Å². The molecule has 37 heavy (non-hydrogen) atoms. The van der Waals surface area contributed by atoms with Crippen LogP contribution in [0, 0.1) is 0 Å². The van der Waals surface area contributed by atoms with E-state index in [2.05, 4.69) is 128 Å². The van der Waals surface area contributed by atoms with Gasteiger partial charge in [-0.25, -0.2) is 0 Å². The summed E-state index contributed by atoms with van der Waals surface area (Å²) in [5.41, 5.74) is 7.04. The Kier molecular flexibility index (Phi) is 7.01. The Morgan fingerprint density at radius 1 is 0.486 bits per heavy atom. The molecule has 6 rings (SSSR count). The first-order valence-corrected chi connectivity index (χ1v) is 13.1. The van der Waals surface area contributed by atoms with E-state index in [9.17, 15) is 0 Å². The zero-order chi connectivity index (χ0) is 25.8. The number of fused-ring (bicyclic) bond motifs is 6. The third kappa shape index (κ3) is 4.59. The lowest BCUT2D eigenvalue weighted by Gasteiger charge is -2.13. The van der Waals surface area contributed by atoms with Crippen molar-refractivity contribution >= 4 is 37.9 Å². The molecule has 0 radical (unpaired) electrons. The van der Waals surface area contributed by atoms with Gasteiger partial charge in [-0.1, -0.05) is 130 Å². The van der Waals surface area contributed by atoms with E-state index in [0.29, 0.717) is 0 Å². The molecule has 0 aromatic heterocycles. The van der Waals surface area contributed by atoms with Crippen molar-refractivity contribution in [1.29, 1.82) is 0 Å². The summed E-state index contributed by atoms with van der Waals surface area (Å²) in [5.74, 6) is 0. The predicted molar refractivity (Wildman–Crippen MR) is 165 cm³/mol. The van der Waals surface area contributed by atoms with E-state index >= 15 is 0 Å². The maximum absolute atomic E-state index is 4.20. The van der Waals surface area contributed by atoms with Crippen LogP contribution in [0.15, 0.2) is 134 Å². The molecule has 0 aliphatic heterocycles. The van der Waals surface area contributed by atoms with Crippen molar-refractivity contribution in [3.8, 4) is 22.3 Å². The van der Waals surface area contributed by atoms with Crippen LogP contribution in [0.3, 0.4) is 0 Å². The third-order valence-corrected chi connectivity index (χ3v) is 6.87. The van der Waals surface area contributed by atoms with Crippen molar-refractivity contribution in [2.45, 2.75) is 20.8 Å². The number of benzene rings is 6. The molecular formula is C37H32. The molecule has 180 valence electrons. The molecule has 0 atom stereocenters. The lowest BCUT2D eigenvalue weighted by atomic mass is 9.91. The fourth-order valence-electron chi connectivity index (χ4n) is 5.16. The fraction of sp³-hybridized carbons (Fsp3) is 0.0811.